The van der Waals surface area contributed by atoms with Crippen molar-refractivity contribution in [3.05, 3.63) is 58.8 Å². The Hall–Kier alpha value is -2.18. The lowest BCUT2D eigenvalue weighted by molar-refractivity contribution is -0.205. The first-order valence-corrected chi connectivity index (χ1v) is 10.6. The van der Waals surface area contributed by atoms with Crippen molar-refractivity contribution in [1.29, 1.82) is 0 Å². The number of benzene rings is 1. The molecule has 1 saturated carbocycles. The van der Waals surface area contributed by atoms with Crippen LogP contribution in [0.2, 0.25) is 0 Å². The van der Waals surface area contributed by atoms with Crippen LogP contribution in [0, 0.1) is 11.8 Å². The highest BCUT2D eigenvalue weighted by molar-refractivity contribution is 9.10. The summed E-state index contributed by atoms with van der Waals surface area (Å²) in [4.78, 5) is 23.4. The Bertz CT molecular complexity index is 805. The highest BCUT2D eigenvalue weighted by atomic mass is 79.9. The first kappa shape index (κ1) is 24.1. The van der Waals surface area contributed by atoms with Crippen LogP contribution in [-0.2, 0) is 14.3 Å². The fourth-order valence-electron chi connectivity index (χ4n) is 3.24. The average Bonchev–Trinajstić information content (AvgIpc) is 3.07. The van der Waals surface area contributed by atoms with E-state index in [9.17, 15) is 19.8 Å². The molecule has 0 aliphatic heterocycles. The Balaban J connectivity index is 1.79. The maximum absolute atomic E-state index is 12.2. The molecule has 6 nitrogen and oxygen atoms in total. The van der Waals surface area contributed by atoms with E-state index < -0.39 is 11.8 Å². The summed E-state index contributed by atoms with van der Waals surface area (Å²) >= 11 is 3.39. The maximum atomic E-state index is 12.2. The Morgan fingerprint density at radius 3 is 2.73 bits per heavy atom. The first-order chi connectivity index (χ1) is 14.3. The largest absolute Gasteiger partial charge is 0.493 e. The lowest BCUT2D eigenvalue weighted by atomic mass is 9.91. The summed E-state index contributed by atoms with van der Waals surface area (Å²) in [6.45, 7) is 0.566. The molecule has 2 rings (SSSR count). The maximum Gasteiger partial charge on any atom is 0.366 e. The summed E-state index contributed by atoms with van der Waals surface area (Å²) in [6.07, 6.45) is 9.50. The third-order valence-corrected chi connectivity index (χ3v) is 5.44. The van der Waals surface area contributed by atoms with Crippen LogP contribution in [-0.4, -0.2) is 41.5 Å². The summed E-state index contributed by atoms with van der Waals surface area (Å²) in [5.41, 5.74) is 2.81. The number of hydrogen-bond acceptors (Lipinski definition) is 6. The molecule has 0 radical (unpaired) electrons. The quantitative estimate of drug-likeness (QED) is 0.175. The van der Waals surface area contributed by atoms with Crippen molar-refractivity contribution in [2.24, 2.45) is 11.8 Å². The smallest absolute Gasteiger partial charge is 0.366 e. The third-order valence-electron chi connectivity index (χ3n) is 4.91. The van der Waals surface area contributed by atoms with Crippen molar-refractivity contribution in [1.82, 2.24) is 0 Å². The van der Waals surface area contributed by atoms with Crippen LogP contribution >= 0.6 is 15.9 Å². The van der Waals surface area contributed by atoms with Gasteiger partial charge in [-0.3, -0.25) is 4.79 Å². The van der Waals surface area contributed by atoms with Gasteiger partial charge in [-0.1, -0.05) is 28.1 Å². The number of hydrogen-bond donors (Lipinski definition) is 2. The lowest BCUT2D eigenvalue weighted by Gasteiger charge is -2.15. The second-order valence-corrected chi connectivity index (χ2v) is 8.03. The number of rotatable bonds is 10. The topological polar surface area (TPSA) is 93.1 Å². The fourth-order valence-corrected chi connectivity index (χ4v) is 3.51. The number of methoxy groups -OCH3 is 1. The molecule has 0 bridgehead atoms. The predicted molar refractivity (Wildman–Crippen MR) is 116 cm³/mol. The normalized spacial score (nSPS) is 18.9. The molecule has 30 heavy (non-hydrogen) atoms. The van der Waals surface area contributed by atoms with Gasteiger partial charge in [0.2, 0.25) is 0 Å². The predicted octanol–water partition coefficient (Wildman–Crippen LogP) is 3.71. The summed E-state index contributed by atoms with van der Waals surface area (Å²) in [5.74, 6) is -2.58. The Kier molecular flexibility index (Phi) is 9.53. The number of carbonyl (C=O) groups excluding carboxylic acids is 2. The zero-order valence-electron chi connectivity index (χ0n) is 16.9. The van der Waals surface area contributed by atoms with Crippen molar-refractivity contribution in [3.63, 3.8) is 0 Å². The number of Topliss-reactive ketones (excluding diaryl/α,β-unsaturated/α-hetero) is 1. The van der Waals surface area contributed by atoms with Crippen molar-refractivity contribution >= 4 is 27.7 Å². The summed E-state index contributed by atoms with van der Waals surface area (Å²) in [7, 11) is 1.08. The fraction of sp³-hybridized carbons (Fsp3) is 0.435. The van der Waals surface area contributed by atoms with Gasteiger partial charge in [0.05, 0.1) is 13.7 Å². The molecule has 7 heteroatoms. The van der Waals surface area contributed by atoms with Crippen LogP contribution in [0.1, 0.15) is 32.1 Å². The minimum absolute atomic E-state index is 0.108. The first-order valence-electron chi connectivity index (χ1n) is 9.84. The van der Waals surface area contributed by atoms with Crippen LogP contribution < -0.4 is 4.74 Å². The van der Waals surface area contributed by atoms with E-state index in [4.69, 9.17) is 4.74 Å². The number of halogens is 1. The van der Waals surface area contributed by atoms with Gasteiger partial charge in [0.15, 0.2) is 0 Å². The lowest BCUT2D eigenvalue weighted by Crippen LogP contribution is -2.38. The highest BCUT2D eigenvalue weighted by Crippen LogP contribution is 2.32. The van der Waals surface area contributed by atoms with Gasteiger partial charge >= 0.3 is 5.97 Å². The molecule has 1 aliphatic carbocycles. The second kappa shape index (κ2) is 11.9. The zero-order valence-corrected chi connectivity index (χ0v) is 18.5. The molecule has 2 N–H and O–H groups in total. The van der Waals surface area contributed by atoms with E-state index in [2.05, 4.69) is 38.6 Å². The van der Waals surface area contributed by atoms with Crippen LogP contribution in [0.3, 0.4) is 0 Å². The summed E-state index contributed by atoms with van der Waals surface area (Å²) in [5, 5.41) is 19.0. The summed E-state index contributed by atoms with van der Waals surface area (Å²) in [6, 6.07) is 7.67. The van der Waals surface area contributed by atoms with E-state index in [0.29, 0.717) is 19.4 Å². The monoisotopic (exact) mass is 478 g/mol. The van der Waals surface area contributed by atoms with Gasteiger partial charge in [-0.2, -0.15) is 0 Å². The Morgan fingerprint density at radius 2 is 2.03 bits per heavy atom. The van der Waals surface area contributed by atoms with Crippen LogP contribution in [0.15, 0.2) is 58.8 Å². The number of esters is 1. The molecule has 1 aromatic rings. The van der Waals surface area contributed by atoms with Gasteiger partial charge in [0, 0.05) is 23.2 Å². The molecule has 0 spiro atoms. The SMILES string of the molecule is COC(=O)C(O)(O)CC=C=CC[C@H]1C(=O)CC[C@@H]1/C=C/CCOc1ccc(Br)cc1. The average molecular weight is 479 g/mol. The molecule has 0 aromatic heterocycles. The third kappa shape index (κ3) is 7.58. The van der Waals surface area contributed by atoms with E-state index in [-0.39, 0.29) is 24.0 Å². The molecule has 0 unspecified atom stereocenters. The van der Waals surface area contributed by atoms with Crippen molar-refractivity contribution in [2.45, 2.75) is 37.9 Å². The molecule has 0 amide bonds. The molecule has 1 aromatic carbocycles. The number of ether oxygens (including phenoxy) is 2. The highest BCUT2D eigenvalue weighted by Gasteiger charge is 2.33. The zero-order chi connectivity index (χ0) is 22.0. The molecule has 162 valence electrons. The molecule has 1 aliphatic rings. The molecule has 0 saturated heterocycles. The Morgan fingerprint density at radius 1 is 1.30 bits per heavy atom. The molecular weight excluding hydrogens is 452 g/mol. The molecule has 2 atom stereocenters. The number of carbonyl (C=O) groups is 2. The van der Waals surface area contributed by atoms with Gasteiger partial charge in [-0.25, -0.2) is 4.79 Å². The van der Waals surface area contributed by atoms with E-state index in [1.165, 1.54) is 6.08 Å². The Labute approximate surface area is 185 Å². The molecular formula is C23H27BrO6. The second-order valence-electron chi connectivity index (χ2n) is 7.12. The molecule has 0 heterocycles. The van der Waals surface area contributed by atoms with Gasteiger partial charge in [-0.05, 0) is 61.6 Å². The van der Waals surface area contributed by atoms with Crippen molar-refractivity contribution in [3.8, 4) is 5.75 Å². The van der Waals surface area contributed by atoms with Crippen LogP contribution in [0.4, 0.5) is 0 Å². The van der Waals surface area contributed by atoms with E-state index in [0.717, 1.165) is 30.2 Å². The van der Waals surface area contributed by atoms with E-state index in [1.54, 1.807) is 6.08 Å². The summed E-state index contributed by atoms with van der Waals surface area (Å²) < 4.78 is 11.0. The number of allylic oxidation sites excluding steroid dienone is 1. The van der Waals surface area contributed by atoms with Gasteiger partial charge in [0.1, 0.15) is 11.5 Å². The van der Waals surface area contributed by atoms with E-state index in [1.807, 2.05) is 24.3 Å². The minimum atomic E-state index is -2.57. The van der Waals surface area contributed by atoms with Crippen LogP contribution in [0.5, 0.6) is 5.75 Å². The van der Waals surface area contributed by atoms with Gasteiger partial charge in [-0.15, -0.1) is 5.73 Å². The van der Waals surface area contributed by atoms with Crippen molar-refractivity contribution in [2.75, 3.05) is 13.7 Å². The van der Waals surface area contributed by atoms with Crippen LogP contribution in [0.25, 0.3) is 0 Å². The number of ketones is 1. The van der Waals surface area contributed by atoms with Gasteiger partial charge in [0.25, 0.3) is 5.79 Å². The minimum Gasteiger partial charge on any atom is -0.493 e. The standard InChI is InChI=1S/C23H27BrO6/c1-29-22(26)23(27,28)15-5-2-3-8-20-17(9-14-21(20)25)7-4-6-16-30-19-12-10-18(24)11-13-19/h3-5,7,10-13,17,20,27-28H,6,8-9,14-16H2,1H3/b7-4+/t2?,17-,20+/m0/s1. The van der Waals surface area contributed by atoms with Crippen molar-refractivity contribution < 1.29 is 29.3 Å². The van der Waals surface area contributed by atoms with Gasteiger partial charge < -0.3 is 19.7 Å². The molecule has 1 fully saturated rings. The number of aliphatic hydroxyl groups is 2. The van der Waals surface area contributed by atoms with E-state index >= 15 is 0 Å².